The van der Waals surface area contributed by atoms with E-state index in [1.54, 1.807) is 0 Å². The molecular weight excluding hydrogens is 210 g/mol. The van der Waals surface area contributed by atoms with Crippen molar-refractivity contribution in [2.45, 2.75) is 44.7 Å². The van der Waals surface area contributed by atoms with Crippen molar-refractivity contribution in [2.24, 2.45) is 5.73 Å². The van der Waals surface area contributed by atoms with Gasteiger partial charge in [-0.1, -0.05) is 25.0 Å². The zero-order chi connectivity index (χ0) is 12.3. The SMILES string of the molecule is Cc1cccc(C#N)c1N[C@@H]1CCCC[C@H]1N. The Balaban J connectivity index is 2.20. The van der Waals surface area contributed by atoms with Crippen LogP contribution in [0.2, 0.25) is 0 Å². The maximum atomic E-state index is 9.12. The van der Waals surface area contributed by atoms with E-state index in [0.29, 0.717) is 11.6 Å². The molecule has 1 aliphatic carbocycles. The van der Waals surface area contributed by atoms with Gasteiger partial charge in [0, 0.05) is 12.1 Å². The Hall–Kier alpha value is -1.53. The van der Waals surface area contributed by atoms with Gasteiger partial charge in [-0.2, -0.15) is 5.26 Å². The minimum atomic E-state index is 0.204. The number of nitriles is 1. The monoisotopic (exact) mass is 229 g/mol. The minimum absolute atomic E-state index is 0.204. The van der Waals surface area contributed by atoms with Crippen LogP contribution < -0.4 is 11.1 Å². The highest BCUT2D eigenvalue weighted by atomic mass is 15.0. The first kappa shape index (κ1) is 11.9. The Morgan fingerprint density at radius 1 is 1.35 bits per heavy atom. The number of aryl methyl sites for hydroxylation is 1. The second-order valence-electron chi connectivity index (χ2n) is 4.81. The Bertz CT molecular complexity index is 434. The Kier molecular flexibility index (Phi) is 3.65. The fraction of sp³-hybridized carbons (Fsp3) is 0.500. The summed E-state index contributed by atoms with van der Waals surface area (Å²) in [6.45, 7) is 2.03. The second-order valence-corrected chi connectivity index (χ2v) is 4.81. The molecule has 1 aliphatic rings. The van der Waals surface area contributed by atoms with Gasteiger partial charge in [-0.25, -0.2) is 0 Å². The van der Waals surface area contributed by atoms with Gasteiger partial charge in [-0.05, 0) is 31.4 Å². The van der Waals surface area contributed by atoms with Crippen LogP contribution in [0.3, 0.4) is 0 Å². The summed E-state index contributed by atoms with van der Waals surface area (Å²) in [5, 5.41) is 12.6. The van der Waals surface area contributed by atoms with E-state index in [4.69, 9.17) is 11.0 Å². The topological polar surface area (TPSA) is 61.8 Å². The van der Waals surface area contributed by atoms with Crippen molar-refractivity contribution in [3.63, 3.8) is 0 Å². The van der Waals surface area contributed by atoms with Gasteiger partial charge in [0.25, 0.3) is 0 Å². The molecule has 3 N–H and O–H groups in total. The fourth-order valence-electron chi connectivity index (χ4n) is 2.48. The second kappa shape index (κ2) is 5.20. The summed E-state index contributed by atoms with van der Waals surface area (Å²) in [7, 11) is 0. The number of nitrogens with zero attached hydrogens (tertiary/aromatic N) is 1. The predicted molar refractivity (Wildman–Crippen MR) is 69.7 cm³/mol. The molecule has 0 aliphatic heterocycles. The molecule has 2 rings (SSSR count). The van der Waals surface area contributed by atoms with Gasteiger partial charge < -0.3 is 11.1 Å². The van der Waals surface area contributed by atoms with Crippen LogP contribution in [0.25, 0.3) is 0 Å². The standard InChI is InChI=1S/C14H19N3/c1-10-5-4-6-11(9-15)14(10)17-13-8-3-2-7-12(13)16/h4-6,12-13,17H,2-3,7-8,16H2,1H3/t12-,13-/m1/s1. The Labute approximate surface area is 103 Å². The van der Waals surface area contributed by atoms with Crippen LogP contribution in [-0.2, 0) is 0 Å². The van der Waals surface area contributed by atoms with Crippen molar-refractivity contribution < 1.29 is 0 Å². The molecule has 0 aromatic heterocycles. The van der Waals surface area contributed by atoms with E-state index in [2.05, 4.69) is 11.4 Å². The minimum Gasteiger partial charge on any atom is -0.379 e. The zero-order valence-electron chi connectivity index (χ0n) is 10.2. The molecule has 0 unspecified atom stereocenters. The van der Waals surface area contributed by atoms with Crippen molar-refractivity contribution in [1.29, 1.82) is 5.26 Å². The third-order valence-electron chi connectivity index (χ3n) is 3.54. The van der Waals surface area contributed by atoms with Crippen LogP contribution in [0.4, 0.5) is 5.69 Å². The van der Waals surface area contributed by atoms with E-state index in [-0.39, 0.29) is 6.04 Å². The molecule has 0 amide bonds. The van der Waals surface area contributed by atoms with Gasteiger partial charge in [0.15, 0.2) is 0 Å². The highest BCUT2D eigenvalue weighted by Crippen LogP contribution is 2.25. The van der Waals surface area contributed by atoms with Crippen LogP contribution in [0.5, 0.6) is 0 Å². The summed E-state index contributed by atoms with van der Waals surface area (Å²) in [5.74, 6) is 0. The first-order valence-electron chi connectivity index (χ1n) is 6.24. The number of nitrogens with one attached hydrogen (secondary N) is 1. The molecule has 1 saturated carbocycles. The quantitative estimate of drug-likeness (QED) is 0.819. The lowest BCUT2D eigenvalue weighted by Gasteiger charge is -2.31. The van der Waals surface area contributed by atoms with E-state index in [0.717, 1.165) is 24.1 Å². The Morgan fingerprint density at radius 3 is 2.82 bits per heavy atom. The lowest BCUT2D eigenvalue weighted by Crippen LogP contribution is -2.42. The van der Waals surface area contributed by atoms with E-state index < -0.39 is 0 Å². The third-order valence-corrected chi connectivity index (χ3v) is 3.54. The van der Waals surface area contributed by atoms with Crippen molar-refractivity contribution in [1.82, 2.24) is 0 Å². The number of nitrogens with two attached hydrogens (primary N) is 1. The summed E-state index contributed by atoms with van der Waals surface area (Å²) in [4.78, 5) is 0. The zero-order valence-corrected chi connectivity index (χ0v) is 10.2. The summed E-state index contributed by atoms with van der Waals surface area (Å²) >= 11 is 0. The molecule has 0 heterocycles. The van der Waals surface area contributed by atoms with Crippen molar-refractivity contribution in [3.8, 4) is 6.07 Å². The summed E-state index contributed by atoms with van der Waals surface area (Å²) in [6, 6.07) is 8.54. The molecule has 1 fully saturated rings. The van der Waals surface area contributed by atoms with Crippen LogP contribution in [0, 0.1) is 18.3 Å². The molecule has 0 saturated heterocycles. The molecule has 1 aromatic rings. The third kappa shape index (κ3) is 2.59. The van der Waals surface area contributed by atoms with Crippen LogP contribution in [0.15, 0.2) is 18.2 Å². The van der Waals surface area contributed by atoms with E-state index >= 15 is 0 Å². The molecule has 17 heavy (non-hydrogen) atoms. The van der Waals surface area contributed by atoms with Gasteiger partial charge in [-0.15, -0.1) is 0 Å². The van der Waals surface area contributed by atoms with Gasteiger partial charge in [-0.3, -0.25) is 0 Å². The highest BCUT2D eigenvalue weighted by molar-refractivity contribution is 5.62. The maximum Gasteiger partial charge on any atom is 0.101 e. The number of hydrogen-bond donors (Lipinski definition) is 2. The summed E-state index contributed by atoms with van der Waals surface area (Å²) in [6.07, 6.45) is 4.61. The molecule has 90 valence electrons. The number of para-hydroxylation sites is 1. The van der Waals surface area contributed by atoms with E-state index in [1.165, 1.54) is 12.8 Å². The number of rotatable bonds is 2. The smallest absolute Gasteiger partial charge is 0.101 e. The van der Waals surface area contributed by atoms with E-state index in [9.17, 15) is 0 Å². The van der Waals surface area contributed by atoms with Crippen molar-refractivity contribution in [3.05, 3.63) is 29.3 Å². The lowest BCUT2D eigenvalue weighted by atomic mass is 9.90. The molecule has 0 bridgehead atoms. The highest BCUT2D eigenvalue weighted by Gasteiger charge is 2.22. The van der Waals surface area contributed by atoms with Crippen molar-refractivity contribution in [2.75, 3.05) is 5.32 Å². The normalized spacial score (nSPS) is 24.1. The molecule has 1 aromatic carbocycles. The van der Waals surface area contributed by atoms with Gasteiger partial charge in [0.1, 0.15) is 6.07 Å². The molecule has 0 radical (unpaired) electrons. The molecular formula is C14H19N3. The summed E-state index contributed by atoms with van der Waals surface area (Å²) < 4.78 is 0. The largest absolute Gasteiger partial charge is 0.379 e. The molecule has 2 atom stereocenters. The Morgan fingerprint density at radius 2 is 2.12 bits per heavy atom. The van der Waals surface area contributed by atoms with Crippen LogP contribution >= 0.6 is 0 Å². The lowest BCUT2D eigenvalue weighted by molar-refractivity contribution is 0.404. The first-order valence-corrected chi connectivity index (χ1v) is 6.24. The predicted octanol–water partition coefficient (Wildman–Crippen LogP) is 2.55. The van der Waals surface area contributed by atoms with Gasteiger partial charge in [0.05, 0.1) is 11.3 Å². The average Bonchev–Trinajstić information content (AvgIpc) is 2.34. The van der Waals surface area contributed by atoms with Gasteiger partial charge in [0.2, 0.25) is 0 Å². The maximum absolute atomic E-state index is 9.12. The van der Waals surface area contributed by atoms with E-state index in [1.807, 2.05) is 25.1 Å². The van der Waals surface area contributed by atoms with Gasteiger partial charge >= 0.3 is 0 Å². The van der Waals surface area contributed by atoms with Crippen LogP contribution in [0.1, 0.15) is 36.8 Å². The van der Waals surface area contributed by atoms with Crippen molar-refractivity contribution >= 4 is 5.69 Å². The average molecular weight is 229 g/mol. The number of benzene rings is 1. The molecule has 3 nitrogen and oxygen atoms in total. The first-order chi connectivity index (χ1) is 8.22. The summed E-state index contributed by atoms with van der Waals surface area (Å²) in [5.41, 5.74) is 8.90. The fourth-order valence-corrected chi connectivity index (χ4v) is 2.48. The molecule has 3 heteroatoms. The van der Waals surface area contributed by atoms with Crippen LogP contribution in [-0.4, -0.2) is 12.1 Å². The molecule has 0 spiro atoms. The number of hydrogen-bond acceptors (Lipinski definition) is 3. The number of anilines is 1.